The number of nitrogens with zero attached hydrogens (tertiary/aromatic N) is 2. The summed E-state index contributed by atoms with van der Waals surface area (Å²) in [6, 6.07) is 8.10. The molecule has 7 heteroatoms. The molecule has 1 fully saturated rings. The van der Waals surface area contributed by atoms with Gasteiger partial charge in [-0.3, -0.25) is 14.6 Å². The van der Waals surface area contributed by atoms with Gasteiger partial charge in [0.1, 0.15) is 23.5 Å². The molecule has 0 saturated heterocycles. The standard InChI is InChI=1S/C24H37NO2.C7H9N.C4H10.C2H4O.CH2O2/c1-16(26)24(7,8)14-11-19-21(27)18(22(2,3)4)15-20(25-19)17-9-12-23(5,6)13-10-17;1-6-4-3-5-7(2)8-6;1-3-4-2;1-2-3;2-1-3/h11,14-15,17,27H,9-10,12-13H2,1-8H3;3-5H,1-2H3;3-4H2,1-2H3;2H,1H3;1H,(H,2,3)/b14-11+;;;;. The summed E-state index contributed by atoms with van der Waals surface area (Å²) in [7, 11) is 0. The first-order valence-electron chi connectivity index (χ1n) is 16.1. The van der Waals surface area contributed by atoms with Gasteiger partial charge in [-0.1, -0.05) is 73.5 Å². The molecule has 2 aromatic heterocycles. The van der Waals surface area contributed by atoms with Crippen molar-refractivity contribution in [1.29, 1.82) is 0 Å². The minimum Gasteiger partial charge on any atom is -0.505 e. The van der Waals surface area contributed by atoms with E-state index in [9.17, 15) is 9.90 Å². The number of Topliss-reactive ketones (excluding diaryl/α,β-unsaturated/α-hetero) is 1. The molecule has 45 heavy (non-hydrogen) atoms. The zero-order chi connectivity index (χ0) is 35.4. The molecule has 2 N–H and O–H groups in total. The van der Waals surface area contributed by atoms with Gasteiger partial charge in [-0.25, -0.2) is 4.98 Å². The van der Waals surface area contributed by atoms with E-state index >= 15 is 0 Å². The highest BCUT2D eigenvalue weighted by atomic mass is 16.3. The molecule has 0 aromatic carbocycles. The summed E-state index contributed by atoms with van der Waals surface area (Å²) in [6.07, 6.45) is 11.7. The summed E-state index contributed by atoms with van der Waals surface area (Å²) in [5.74, 6) is 0.769. The van der Waals surface area contributed by atoms with Gasteiger partial charge in [0.2, 0.25) is 0 Å². The van der Waals surface area contributed by atoms with E-state index in [4.69, 9.17) is 19.7 Å². The molecule has 1 saturated carbocycles. The third-order valence-corrected chi connectivity index (χ3v) is 7.70. The third kappa shape index (κ3) is 18.3. The molecule has 0 amide bonds. The number of rotatable bonds is 5. The van der Waals surface area contributed by atoms with Crippen LogP contribution in [-0.2, 0) is 19.8 Å². The molecule has 2 heterocycles. The number of aromatic nitrogens is 2. The number of hydrogen-bond donors (Lipinski definition) is 2. The molecule has 0 spiro atoms. The fourth-order valence-electron chi connectivity index (χ4n) is 4.25. The topological polar surface area (TPSA) is 117 Å². The number of aromatic hydroxyl groups is 1. The first-order chi connectivity index (χ1) is 20.8. The predicted molar refractivity (Wildman–Crippen MR) is 188 cm³/mol. The molecule has 0 aliphatic heterocycles. The molecular weight excluding hydrogens is 564 g/mol. The maximum absolute atomic E-state index is 11.8. The smallest absolute Gasteiger partial charge is 0.290 e. The minimum absolute atomic E-state index is 0.0972. The van der Waals surface area contributed by atoms with Crippen LogP contribution in [-0.4, -0.2) is 38.7 Å². The van der Waals surface area contributed by atoms with E-state index in [0.717, 1.165) is 41.8 Å². The van der Waals surface area contributed by atoms with Crippen molar-refractivity contribution in [2.24, 2.45) is 10.8 Å². The molecule has 0 radical (unpaired) electrons. The maximum Gasteiger partial charge on any atom is 0.290 e. The van der Waals surface area contributed by atoms with E-state index < -0.39 is 5.41 Å². The summed E-state index contributed by atoms with van der Waals surface area (Å²) in [6.45, 7) is 25.9. The van der Waals surface area contributed by atoms with Crippen LogP contribution < -0.4 is 0 Å². The first-order valence-corrected chi connectivity index (χ1v) is 16.1. The Labute approximate surface area is 274 Å². The summed E-state index contributed by atoms with van der Waals surface area (Å²) in [4.78, 5) is 38.0. The summed E-state index contributed by atoms with van der Waals surface area (Å²) >= 11 is 0. The van der Waals surface area contributed by atoms with Crippen molar-refractivity contribution in [3.63, 3.8) is 0 Å². The monoisotopic (exact) mass is 626 g/mol. The SMILES string of the molecule is CC(=O)C(C)(C)/C=C/c1nc(C2CCC(C)(C)CC2)cc(C(C)(C)C)c1O.CC=O.CCCC.Cc1cccc(C)n1.O=CO. The molecule has 254 valence electrons. The lowest BCUT2D eigenvalue weighted by Crippen LogP contribution is -2.22. The Hall–Kier alpha value is -3.35. The Morgan fingerprint density at radius 1 is 0.978 bits per heavy atom. The average Bonchev–Trinajstić information content (AvgIpc) is 2.93. The lowest BCUT2D eigenvalue weighted by molar-refractivity contribution is -0.123. The van der Waals surface area contributed by atoms with Crippen molar-refractivity contribution < 1.29 is 24.6 Å². The molecule has 0 unspecified atom stereocenters. The van der Waals surface area contributed by atoms with Gasteiger partial charge in [0.15, 0.2) is 0 Å². The van der Waals surface area contributed by atoms with Crippen LogP contribution in [0.4, 0.5) is 0 Å². The Morgan fingerprint density at radius 2 is 1.42 bits per heavy atom. The number of allylic oxidation sites excluding steroid dienone is 1. The Bertz CT molecular complexity index is 1160. The van der Waals surface area contributed by atoms with Gasteiger partial charge in [0, 0.05) is 34.0 Å². The highest BCUT2D eigenvalue weighted by molar-refractivity contribution is 5.84. The van der Waals surface area contributed by atoms with Crippen molar-refractivity contribution in [2.75, 3.05) is 0 Å². The van der Waals surface area contributed by atoms with E-state index in [2.05, 4.69) is 59.5 Å². The van der Waals surface area contributed by atoms with Crippen LogP contribution in [0.25, 0.3) is 6.08 Å². The fourth-order valence-corrected chi connectivity index (χ4v) is 4.25. The highest BCUT2D eigenvalue weighted by Gasteiger charge is 2.30. The van der Waals surface area contributed by atoms with Crippen molar-refractivity contribution in [3.8, 4) is 5.75 Å². The predicted octanol–water partition coefficient (Wildman–Crippen LogP) is 9.81. The third-order valence-electron chi connectivity index (χ3n) is 7.70. The molecule has 0 bridgehead atoms. The number of carbonyl (C=O) groups excluding carboxylic acids is 2. The summed E-state index contributed by atoms with van der Waals surface area (Å²) in [5, 5.41) is 17.8. The van der Waals surface area contributed by atoms with Crippen molar-refractivity contribution in [3.05, 3.63) is 58.7 Å². The second-order valence-corrected chi connectivity index (χ2v) is 13.9. The van der Waals surface area contributed by atoms with E-state index in [-0.39, 0.29) is 23.4 Å². The van der Waals surface area contributed by atoms with E-state index in [0.29, 0.717) is 17.0 Å². The van der Waals surface area contributed by atoms with Crippen LogP contribution in [0.3, 0.4) is 0 Å². The number of carbonyl (C=O) groups is 3. The van der Waals surface area contributed by atoms with E-state index in [1.165, 1.54) is 32.6 Å². The number of carboxylic acid groups (broad SMARTS) is 1. The van der Waals surface area contributed by atoms with Crippen LogP contribution in [0, 0.1) is 24.7 Å². The van der Waals surface area contributed by atoms with Crippen LogP contribution in [0.2, 0.25) is 0 Å². The summed E-state index contributed by atoms with van der Waals surface area (Å²) < 4.78 is 0. The lowest BCUT2D eigenvalue weighted by Gasteiger charge is -2.34. The van der Waals surface area contributed by atoms with Crippen LogP contribution >= 0.6 is 0 Å². The molecule has 7 nitrogen and oxygen atoms in total. The molecule has 0 atom stereocenters. The molecule has 3 rings (SSSR count). The van der Waals surface area contributed by atoms with Gasteiger partial charge >= 0.3 is 0 Å². The zero-order valence-electron chi connectivity index (χ0n) is 30.5. The van der Waals surface area contributed by atoms with Gasteiger partial charge < -0.3 is 15.0 Å². The van der Waals surface area contributed by atoms with Crippen LogP contribution in [0.15, 0.2) is 30.3 Å². The quantitative estimate of drug-likeness (QED) is 0.317. The number of aldehydes is 1. The summed E-state index contributed by atoms with van der Waals surface area (Å²) in [5.41, 5.74) is 4.43. The second kappa shape index (κ2) is 21.4. The van der Waals surface area contributed by atoms with E-state index in [1.807, 2.05) is 58.0 Å². The molecular formula is C38H62N2O5. The maximum atomic E-state index is 11.8. The molecule has 1 aliphatic carbocycles. The van der Waals surface area contributed by atoms with Crippen molar-refractivity contribution in [2.45, 2.75) is 140 Å². The number of ketones is 1. The van der Waals surface area contributed by atoms with Crippen molar-refractivity contribution in [1.82, 2.24) is 9.97 Å². The number of hydrogen-bond acceptors (Lipinski definition) is 6. The number of unbranched alkanes of at least 4 members (excludes halogenated alkanes) is 1. The average molecular weight is 627 g/mol. The highest BCUT2D eigenvalue weighted by Crippen LogP contribution is 2.44. The van der Waals surface area contributed by atoms with Gasteiger partial charge in [0.25, 0.3) is 6.47 Å². The Kier molecular flexibility index (Phi) is 20.8. The van der Waals surface area contributed by atoms with E-state index in [1.54, 1.807) is 6.92 Å². The van der Waals surface area contributed by atoms with Crippen LogP contribution in [0.1, 0.15) is 149 Å². The molecule has 1 aliphatic rings. The Balaban J connectivity index is 0. The lowest BCUT2D eigenvalue weighted by atomic mass is 9.72. The Morgan fingerprint density at radius 3 is 1.76 bits per heavy atom. The fraction of sp³-hybridized carbons (Fsp3) is 0.605. The van der Waals surface area contributed by atoms with Gasteiger partial charge in [0.05, 0.1) is 0 Å². The van der Waals surface area contributed by atoms with Gasteiger partial charge in [-0.05, 0) is 102 Å². The molecule has 2 aromatic rings. The normalized spacial score (nSPS) is 14.2. The van der Waals surface area contributed by atoms with Gasteiger partial charge in [-0.2, -0.15) is 0 Å². The van der Waals surface area contributed by atoms with Crippen LogP contribution in [0.5, 0.6) is 5.75 Å². The zero-order valence-corrected chi connectivity index (χ0v) is 30.5. The number of pyridine rings is 2. The second-order valence-electron chi connectivity index (χ2n) is 13.9. The first kappa shape index (κ1) is 43.8. The van der Waals surface area contributed by atoms with Gasteiger partial charge in [-0.15, -0.1) is 0 Å². The largest absolute Gasteiger partial charge is 0.505 e. The minimum atomic E-state index is -0.569. The number of aryl methyl sites for hydroxylation is 2. The van der Waals surface area contributed by atoms with Crippen molar-refractivity contribution >= 4 is 24.6 Å².